The van der Waals surface area contributed by atoms with Crippen molar-refractivity contribution in [2.45, 2.75) is 123 Å². The van der Waals surface area contributed by atoms with E-state index in [1.165, 1.54) is 103 Å². The monoisotopic (exact) mass is 385 g/mol. The smallest absolute Gasteiger partial charge is 0.303 e. The molecule has 0 aromatic rings. The van der Waals surface area contributed by atoms with E-state index in [9.17, 15) is 4.79 Å². The number of carbonyl (C=O) groups excluding carboxylic acids is 1. The van der Waals surface area contributed by atoms with Gasteiger partial charge in [0.25, 0.3) is 0 Å². The first-order valence-electron chi connectivity index (χ1n) is 11.7. The molecule has 0 spiro atoms. The van der Waals surface area contributed by atoms with Gasteiger partial charge in [-0.1, -0.05) is 103 Å². The van der Waals surface area contributed by atoms with Crippen LogP contribution in [0.5, 0.6) is 0 Å². The number of unbranched alkanes of at least 4 members (excludes halogenated alkanes) is 15. The molecule has 1 unspecified atom stereocenters. The van der Waals surface area contributed by atoms with E-state index < -0.39 is 0 Å². The van der Waals surface area contributed by atoms with E-state index in [-0.39, 0.29) is 12.1 Å². The van der Waals surface area contributed by atoms with Gasteiger partial charge < -0.3 is 15.2 Å². The summed E-state index contributed by atoms with van der Waals surface area (Å²) in [5, 5.41) is 0. The van der Waals surface area contributed by atoms with Crippen LogP contribution < -0.4 is 5.73 Å². The molecule has 4 heteroatoms. The molecular weight excluding hydrogens is 338 g/mol. The van der Waals surface area contributed by atoms with Gasteiger partial charge in [-0.25, -0.2) is 0 Å². The first-order valence-corrected chi connectivity index (χ1v) is 11.7. The Kier molecular flexibility index (Phi) is 21.2. The van der Waals surface area contributed by atoms with Gasteiger partial charge in [0.15, 0.2) is 0 Å². The van der Waals surface area contributed by atoms with Gasteiger partial charge >= 0.3 is 5.97 Å². The van der Waals surface area contributed by atoms with E-state index >= 15 is 0 Å². The lowest BCUT2D eigenvalue weighted by Gasteiger charge is -2.14. The van der Waals surface area contributed by atoms with E-state index in [4.69, 9.17) is 15.2 Å². The summed E-state index contributed by atoms with van der Waals surface area (Å²) in [6.07, 6.45) is 21.6. The molecule has 0 saturated heterocycles. The predicted molar refractivity (Wildman–Crippen MR) is 115 cm³/mol. The fourth-order valence-corrected chi connectivity index (χ4v) is 3.35. The molecule has 0 rings (SSSR count). The predicted octanol–water partition coefficient (Wildman–Crippen LogP) is 6.15. The minimum absolute atomic E-state index is 0.295. The fraction of sp³-hybridized carbons (Fsp3) is 0.957. The summed E-state index contributed by atoms with van der Waals surface area (Å²) in [7, 11) is 0. The number of hydrogen-bond donors (Lipinski definition) is 1. The van der Waals surface area contributed by atoms with Crippen molar-refractivity contribution in [2.24, 2.45) is 5.73 Å². The van der Waals surface area contributed by atoms with Crippen LogP contribution >= 0.6 is 0 Å². The Morgan fingerprint density at radius 3 is 1.52 bits per heavy atom. The van der Waals surface area contributed by atoms with Crippen molar-refractivity contribution in [1.29, 1.82) is 0 Å². The molecule has 0 aliphatic heterocycles. The second-order valence-electron chi connectivity index (χ2n) is 7.85. The van der Waals surface area contributed by atoms with Crippen molar-refractivity contribution in [3.05, 3.63) is 0 Å². The number of ether oxygens (including phenoxy) is 2. The van der Waals surface area contributed by atoms with Gasteiger partial charge in [0, 0.05) is 20.1 Å². The number of rotatable bonds is 21. The van der Waals surface area contributed by atoms with E-state index in [1.54, 1.807) is 0 Å². The van der Waals surface area contributed by atoms with Crippen molar-refractivity contribution in [2.75, 3.05) is 19.8 Å². The summed E-state index contributed by atoms with van der Waals surface area (Å²) in [6, 6.07) is 0. The highest BCUT2D eigenvalue weighted by Crippen LogP contribution is 2.13. The van der Waals surface area contributed by atoms with Crippen molar-refractivity contribution < 1.29 is 14.3 Å². The van der Waals surface area contributed by atoms with Gasteiger partial charge in [0.05, 0.1) is 6.61 Å². The number of nitrogens with two attached hydrogens (primary N) is 1. The van der Waals surface area contributed by atoms with E-state index in [0.717, 1.165) is 13.0 Å². The van der Waals surface area contributed by atoms with Crippen LogP contribution in [0.4, 0.5) is 0 Å². The zero-order valence-corrected chi connectivity index (χ0v) is 18.3. The minimum atomic E-state index is -0.302. The highest BCUT2D eigenvalue weighted by molar-refractivity contribution is 5.66. The molecule has 0 heterocycles. The summed E-state index contributed by atoms with van der Waals surface area (Å²) in [5.41, 5.74) is 5.54. The quantitative estimate of drug-likeness (QED) is 0.190. The third-order valence-corrected chi connectivity index (χ3v) is 5.04. The van der Waals surface area contributed by atoms with Crippen LogP contribution in [0.2, 0.25) is 0 Å². The molecule has 4 nitrogen and oxygen atoms in total. The average Bonchev–Trinajstić information content (AvgIpc) is 2.65. The van der Waals surface area contributed by atoms with Crippen LogP contribution in [-0.4, -0.2) is 31.8 Å². The second-order valence-corrected chi connectivity index (χ2v) is 7.85. The second kappa shape index (κ2) is 21.7. The van der Waals surface area contributed by atoms with Crippen LogP contribution in [-0.2, 0) is 14.3 Å². The maximum Gasteiger partial charge on any atom is 0.303 e. The molecule has 1 atom stereocenters. The Bertz CT molecular complexity index is 310. The molecule has 0 radical (unpaired) electrons. The summed E-state index contributed by atoms with van der Waals surface area (Å²) in [5.74, 6) is -0.295. The van der Waals surface area contributed by atoms with Crippen LogP contribution in [0.1, 0.15) is 117 Å². The molecule has 27 heavy (non-hydrogen) atoms. The Morgan fingerprint density at radius 2 is 1.15 bits per heavy atom. The SMILES string of the molecule is CCCCCCCCCCCCCCCCCCOCC(CN)OC(C)=O. The highest BCUT2D eigenvalue weighted by atomic mass is 16.6. The number of carbonyl (C=O) groups is 1. The summed E-state index contributed by atoms with van der Waals surface area (Å²) < 4.78 is 10.6. The van der Waals surface area contributed by atoms with Crippen molar-refractivity contribution >= 4 is 5.97 Å². The molecule has 2 N–H and O–H groups in total. The van der Waals surface area contributed by atoms with E-state index in [1.807, 2.05) is 0 Å². The third-order valence-electron chi connectivity index (χ3n) is 5.04. The minimum Gasteiger partial charge on any atom is -0.459 e. The van der Waals surface area contributed by atoms with Crippen LogP contribution in [0.3, 0.4) is 0 Å². The lowest BCUT2D eigenvalue weighted by molar-refractivity contribution is -0.148. The summed E-state index contributed by atoms with van der Waals surface area (Å²) >= 11 is 0. The van der Waals surface area contributed by atoms with Crippen molar-refractivity contribution in [3.63, 3.8) is 0 Å². The Hall–Kier alpha value is -0.610. The molecule has 0 fully saturated rings. The number of hydrogen-bond acceptors (Lipinski definition) is 4. The molecule has 0 amide bonds. The molecule has 0 aliphatic carbocycles. The summed E-state index contributed by atoms with van der Waals surface area (Å²) in [4.78, 5) is 10.9. The topological polar surface area (TPSA) is 61.6 Å². The van der Waals surface area contributed by atoms with Gasteiger partial charge in [0.2, 0.25) is 0 Å². The van der Waals surface area contributed by atoms with Gasteiger partial charge in [-0.3, -0.25) is 4.79 Å². The number of esters is 1. The van der Waals surface area contributed by atoms with Crippen LogP contribution in [0.25, 0.3) is 0 Å². The van der Waals surface area contributed by atoms with Gasteiger partial charge in [-0.05, 0) is 6.42 Å². The van der Waals surface area contributed by atoms with Crippen molar-refractivity contribution in [1.82, 2.24) is 0 Å². The summed E-state index contributed by atoms with van der Waals surface area (Å²) in [6.45, 7) is 5.14. The maximum atomic E-state index is 10.9. The first kappa shape index (κ1) is 26.4. The largest absolute Gasteiger partial charge is 0.459 e. The molecule has 0 bridgehead atoms. The van der Waals surface area contributed by atoms with Gasteiger partial charge in [0.1, 0.15) is 6.10 Å². The van der Waals surface area contributed by atoms with Crippen LogP contribution in [0, 0.1) is 0 Å². The first-order chi connectivity index (χ1) is 13.2. The zero-order chi connectivity index (χ0) is 20.0. The highest BCUT2D eigenvalue weighted by Gasteiger charge is 2.09. The third kappa shape index (κ3) is 21.5. The Labute approximate surface area is 168 Å². The normalized spacial score (nSPS) is 12.3. The Balaban J connectivity index is 3.13. The standard InChI is InChI=1S/C23H47NO3/c1-3-4-5-6-7-8-9-10-11-12-13-14-15-16-17-18-19-26-21-23(20-24)27-22(2)25/h23H,3-21,24H2,1-2H3. The molecule has 0 aliphatic rings. The molecule has 0 aromatic heterocycles. The van der Waals surface area contributed by atoms with Crippen molar-refractivity contribution in [3.8, 4) is 0 Å². The van der Waals surface area contributed by atoms with Gasteiger partial charge in [-0.15, -0.1) is 0 Å². The lowest BCUT2D eigenvalue weighted by Crippen LogP contribution is -2.30. The molecular formula is C23H47NO3. The molecule has 0 saturated carbocycles. The Morgan fingerprint density at radius 1 is 0.741 bits per heavy atom. The zero-order valence-electron chi connectivity index (χ0n) is 18.3. The molecule has 0 aromatic carbocycles. The maximum absolute atomic E-state index is 10.9. The average molecular weight is 386 g/mol. The van der Waals surface area contributed by atoms with Gasteiger partial charge in [-0.2, -0.15) is 0 Å². The van der Waals surface area contributed by atoms with E-state index in [2.05, 4.69) is 6.92 Å². The fourth-order valence-electron chi connectivity index (χ4n) is 3.35. The van der Waals surface area contributed by atoms with Crippen LogP contribution in [0.15, 0.2) is 0 Å². The molecule has 162 valence electrons. The van der Waals surface area contributed by atoms with E-state index in [0.29, 0.717) is 13.2 Å². The lowest BCUT2D eigenvalue weighted by atomic mass is 10.0.